The molecule has 0 radical (unpaired) electrons. The van der Waals surface area contributed by atoms with Gasteiger partial charge in [0.25, 0.3) is 0 Å². The second-order valence-electron chi connectivity index (χ2n) is 4.34. The van der Waals surface area contributed by atoms with Crippen molar-refractivity contribution in [2.45, 2.75) is 13.5 Å². The molecular formula is C15H16BrNO2. The Bertz CT molecular complexity index is 564. The van der Waals surface area contributed by atoms with E-state index in [1.165, 1.54) is 5.56 Å². The van der Waals surface area contributed by atoms with Gasteiger partial charge in [-0.1, -0.05) is 28.1 Å². The Labute approximate surface area is 121 Å². The van der Waals surface area contributed by atoms with E-state index in [1.807, 2.05) is 31.2 Å². The van der Waals surface area contributed by atoms with Gasteiger partial charge >= 0.3 is 0 Å². The number of aryl methyl sites for hydroxylation is 1. The van der Waals surface area contributed by atoms with Crippen LogP contribution >= 0.6 is 15.9 Å². The predicted molar refractivity (Wildman–Crippen MR) is 80.9 cm³/mol. The summed E-state index contributed by atoms with van der Waals surface area (Å²) in [5.74, 6) is 0.675. The van der Waals surface area contributed by atoms with Crippen molar-refractivity contribution in [1.29, 1.82) is 0 Å². The summed E-state index contributed by atoms with van der Waals surface area (Å²) in [6, 6.07) is 11.6. The summed E-state index contributed by atoms with van der Waals surface area (Å²) in [4.78, 5) is 0. The zero-order chi connectivity index (χ0) is 13.8. The normalized spacial score (nSPS) is 10.3. The Hall–Kier alpha value is -1.68. The summed E-state index contributed by atoms with van der Waals surface area (Å²) in [5.41, 5.74) is 2.98. The van der Waals surface area contributed by atoms with Crippen molar-refractivity contribution < 1.29 is 9.84 Å². The molecule has 0 fully saturated rings. The average Bonchev–Trinajstić information content (AvgIpc) is 2.36. The highest BCUT2D eigenvalue weighted by Gasteiger charge is 2.07. The topological polar surface area (TPSA) is 41.5 Å². The number of rotatable bonds is 4. The van der Waals surface area contributed by atoms with E-state index < -0.39 is 0 Å². The maximum atomic E-state index is 10.0. The van der Waals surface area contributed by atoms with Crippen LogP contribution in [0.1, 0.15) is 11.1 Å². The minimum Gasteiger partial charge on any atom is -0.504 e. The molecule has 0 heterocycles. The Balaban J connectivity index is 2.14. The van der Waals surface area contributed by atoms with Gasteiger partial charge in [-0.05, 0) is 36.8 Å². The standard InChI is InChI=1S/C15H16BrNO2/c1-10-6-12(16)8-13(7-10)17-9-11-4-3-5-14(19-2)15(11)18/h3-8,17-18H,9H2,1-2H3. The largest absolute Gasteiger partial charge is 0.504 e. The van der Waals surface area contributed by atoms with Crippen LogP contribution in [0.15, 0.2) is 40.9 Å². The molecule has 4 heteroatoms. The quantitative estimate of drug-likeness (QED) is 0.891. The number of halogens is 1. The molecule has 0 aliphatic rings. The molecule has 3 nitrogen and oxygen atoms in total. The first-order valence-corrected chi connectivity index (χ1v) is 6.75. The molecule has 0 unspecified atom stereocenters. The number of phenolic OH excluding ortho intramolecular Hbond substituents is 1. The van der Waals surface area contributed by atoms with Gasteiger partial charge in [-0.2, -0.15) is 0 Å². The smallest absolute Gasteiger partial charge is 0.162 e. The number of anilines is 1. The first kappa shape index (κ1) is 13.7. The van der Waals surface area contributed by atoms with Gasteiger partial charge in [0, 0.05) is 22.3 Å². The summed E-state index contributed by atoms with van der Waals surface area (Å²) in [6.07, 6.45) is 0. The highest BCUT2D eigenvalue weighted by Crippen LogP contribution is 2.30. The molecule has 0 aliphatic carbocycles. The third kappa shape index (κ3) is 3.41. The number of phenols is 1. The van der Waals surface area contributed by atoms with Crippen LogP contribution in [0.4, 0.5) is 5.69 Å². The molecule has 0 atom stereocenters. The zero-order valence-corrected chi connectivity index (χ0v) is 12.5. The van der Waals surface area contributed by atoms with Crippen molar-refractivity contribution in [3.63, 3.8) is 0 Å². The van der Waals surface area contributed by atoms with E-state index in [1.54, 1.807) is 13.2 Å². The number of nitrogens with one attached hydrogen (secondary N) is 1. The van der Waals surface area contributed by atoms with Crippen molar-refractivity contribution in [1.82, 2.24) is 0 Å². The fourth-order valence-electron chi connectivity index (χ4n) is 1.91. The van der Waals surface area contributed by atoms with Crippen LogP contribution in [0.5, 0.6) is 11.5 Å². The van der Waals surface area contributed by atoms with Gasteiger partial charge in [0.2, 0.25) is 0 Å². The van der Waals surface area contributed by atoms with Gasteiger partial charge in [-0.15, -0.1) is 0 Å². The van der Waals surface area contributed by atoms with Crippen molar-refractivity contribution >= 4 is 21.6 Å². The number of methoxy groups -OCH3 is 1. The SMILES string of the molecule is COc1cccc(CNc2cc(C)cc(Br)c2)c1O. The molecule has 19 heavy (non-hydrogen) atoms. The van der Waals surface area contributed by atoms with Crippen LogP contribution < -0.4 is 10.1 Å². The van der Waals surface area contributed by atoms with E-state index in [-0.39, 0.29) is 5.75 Å². The van der Waals surface area contributed by atoms with E-state index >= 15 is 0 Å². The van der Waals surface area contributed by atoms with Gasteiger partial charge < -0.3 is 15.2 Å². The molecule has 100 valence electrons. The van der Waals surface area contributed by atoms with E-state index in [0.717, 1.165) is 15.7 Å². The van der Waals surface area contributed by atoms with E-state index in [0.29, 0.717) is 12.3 Å². The number of hydrogen-bond acceptors (Lipinski definition) is 3. The molecule has 2 aromatic carbocycles. The van der Waals surface area contributed by atoms with Gasteiger partial charge in [0.15, 0.2) is 11.5 Å². The molecule has 0 bridgehead atoms. The monoisotopic (exact) mass is 321 g/mol. The Morgan fingerprint density at radius 3 is 2.74 bits per heavy atom. The van der Waals surface area contributed by atoms with E-state index in [9.17, 15) is 5.11 Å². The lowest BCUT2D eigenvalue weighted by molar-refractivity contribution is 0.371. The lowest BCUT2D eigenvalue weighted by Gasteiger charge is -2.11. The zero-order valence-electron chi connectivity index (χ0n) is 10.9. The van der Waals surface area contributed by atoms with Gasteiger partial charge in [-0.25, -0.2) is 0 Å². The van der Waals surface area contributed by atoms with Crippen LogP contribution in [-0.4, -0.2) is 12.2 Å². The Morgan fingerprint density at radius 2 is 2.05 bits per heavy atom. The van der Waals surface area contributed by atoms with Crippen LogP contribution in [0.25, 0.3) is 0 Å². The molecular weight excluding hydrogens is 306 g/mol. The van der Waals surface area contributed by atoms with Crippen LogP contribution in [0.3, 0.4) is 0 Å². The van der Waals surface area contributed by atoms with Gasteiger partial charge in [-0.3, -0.25) is 0 Å². The molecule has 0 aromatic heterocycles. The fourth-order valence-corrected chi connectivity index (χ4v) is 2.52. The van der Waals surface area contributed by atoms with Crippen molar-refractivity contribution in [3.05, 3.63) is 52.0 Å². The lowest BCUT2D eigenvalue weighted by atomic mass is 10.1. The highest BCUT2D eigenvalue weighted by atomic mass is 79.9. The average molecular weight is 322 g/mol. The van der Waals surface area contributed by atoms with Crippen molar-refractivity contribution in [2.24, 2.45) is 0 Å². The minimum absolute atomic E-state index is 0.184. The summed E-state index contributed by atoms with van der Waals surface area (Å²) in [6.45, 7) is 2.58. The number of hydrogen-bond donors (Lipinski definition) is 2. The summed E-state index contributed by atoms with van der Waals surface area (Å²) >= 11 is 3.47. The van der Waals surface area contributed by atoms with E-state index in [4.69, 9.17) is 4.74 Å². The molecule has 0 saturated heterocycles. The molecule has 2 aromatic rings. The minimum atomic E-state index is 0.184. The third-order valence-electron chi connectivity index (χ3n) is 2.83. The number of para-hydroxylation sites is 1. The first-order valence-electron chi connectivity index (χ1n) is 5.96. The van der Waals surface area contributed by atoms with Crippen molar-refractivity contribution in [3.8, 4) is 11.5 Å². The highest BCUT2D eigenvalue weighted by molar-refractivity contribution is 9.10. The van der Waals surface area contributed by atoms with Crippen molar-refractivity contribution in [2.75, 3.05) is 12.4 Å². The Kier molecular flexibility index (Phi) is 4.32. The third-order valence-corrected chi connectivity index (χ3v) is 3.29. The second-order valence-corrected chi connectivity index (χ2v) is 5.25. The molecule has 0 saturated carbocycles. The number of ether oxygens (including phenoxy) is 1. The van der Waals surface area contributed by atoms with Crippen LogP contribution in [0, 0.1) is 6.92 Å². The molecule has 0 spiro atoms. The summed E-state index contributed by atoms with van der Waals surface area (Å²) < 4.78 is 6.12. The second kappa shape index (κ2) is 5.97. The van der Waals surface area contributed by atoms with Gasteiger partial charge in [0.05, 0.1) is 7.11 Å². The van der Waals surface area contributed by atoms with Crippen LogP contribution in [0.2, 0.25) is 0 Å². The number of benzene rings is 2. The predicted octanol–water partition coefficient (Wildman–Crippen LogP) is 4.08. The fraction of sp³-hybridized carbons (Fsp3) is 0.200. The summed E-state index contributed by atoms with van der Waals surface area (Å²) in [7, 11) is 1.55. The Morgan fingerprint density at radius 1 is 1.26 bits per heavy atom. The first-order chi connectivity index (χ1) is 9.10. The maximum absolute atomic E-state index is 10.0. The lowest BCUT2D eigenvalue weighted by Crippen LogP contribution is -2.00. The molecule has 0 aliphatic heterocycles. The molecule has 2 rings (SSSR count). The maximum Gasteiger partial charge on any atom is 0.162 e. The molecule has 2 N–H and O–H groups in total. The molecule has 0 amide bonds. The van der Waals surface area contributed by atoms with E-state index in [2.05, 4.69) is 27.3 Å². The summed E-state index contributed by atoms with van der Waals surface area (Å²) in [5, 5.41) is 13.3. The number of aromatic hydroxyl groups is 1. The van der Waals surface area contributed by atoms with Gasteiger partial charge in [0.1, 0.15) is 0 Å². The van der Waals surface area contributed by atoms with Crippen LogP contribution in [-0.2, 0) is 6.54 Å².